The summed E-state index contributed by atoms with van der Waals surface area (Å²) in [7, 11) is 0. The number of rotatable bonds is 2. The van der Waals surface area contributed by atoms with E-state index in [9.17, 15) is 4.79 Å². The molecule has 5 heteroatoms. The van der Waals surface area contributed by atoms with Gasteiger partial charge in [-0.1, -0.05) is 13.3 Å². The quantitative estimate of drug-likeness (QED) is 0.837. The molecule has 0 saturated carbocycles. The molecule has 0 radical (unpaired) electrons. The van der Waals surface area contributed by atoms with Gasteiger partial charge in [-0.2, -0.15) is 0 Å². The van der Waals surface area contributed by atoms with Crippen molar-refractivity contribution in [1.82, 2.24) is 14.9 Å². The Labute approximate surface area is 101 Å². The van der Waals surface area contributed by atoms with Crippen LogP contribution in [-0.4, -0.2) is 33.9 Å². The van der Waals surface area contributed by atoms with Crippen LogP contribution in [0, 0.1) is 5.92 Å². The summed E-state index contributed by atoms with van der Waals surface area (Å²) in [6, 6.07) is 0. The van der Waals surface area contributed by atoms with Crippen LogP contribution in [0.4, 0.5) is 5.82 Å². The highest BCUT2D eigenvalue weighted by Gasteiger charge is 2.24. The van der Waals surface area contributed by atoms with Crippen LogP contribution >= 0.6 is 0 Å². The number of carbonyl (C=O) groups excluding carboxylic acids is 1. The van der Waals surface area contributed by atoms with Gasteiger partial charge in [-0.05, 0) is 18.8 Å². The molecule has 0 aromatic carbocycles. The topological polar surface area (TPSA) is 72.1 Å². The molecule has 1 unspecified atom stereocenters. The summed E-state index contributed by atoms with van der Waals surface area (Å²) in [5, 5.41) is 0. The Morgan fingerprint density at radius 1 is 1.53 bits per heavy atom. The van der Waals surface area contributed by atoms with Gasteiger partial charge in [0, 0.05) is 13.1 Å². The van der Waals surface area contributed by atoms with Crippen molar-refractivity contribution < 1.29 is 4.79 Å². The maximum atomic E-state index is 12.2. The van der Waals surface area contributed by atoms with Crippen molar-refractivity contribution in [2.24, 2.45) is 5.92 Å². The Kier molecular flexibility index (Phi) is 3.56. The number of nitrogens with zero attached hydrogens (tertiary/aromatic N) is 3. The average Bonchev–Trinajstić information content (AvgIpc) is 2.39. The molecule has 1 aliphatic heterocycles. The molecule has 1 atom stereocenters. The highest BCUT2D eigenvalue weighted by molar-refractivity contribution is 5.92. The molecule has 1 saturated heterocycles. The van der Waals surface area contributed by atoms with E-state index in [-0.39, 0.29) is 5.91 Å². The lowest BCUT2D eigenvalue weighted by atomic mass is 9.95. The van der Waals surface area contributed by atoms with E-state index in [2.05, 4.69) is 16.9 Å². The first kappa shape index (κ1) is 11.8. The number of carbonyl (C=O) groups is 1. The number of hydrogen-bond acceptors (Lipinski definition) is 4. The standard InChI is InChI=1S/C12H18N4O/c1-2-9-4-3-5-16(8-9)12(17)10-6-15-11(13)7-14-10/h6-7,9H,2-5,8H2,1H3,(H2,13,15). The molecule has 0 aliphatic carbocycles. The van der Waals surface area contributed by atoms with Gasteiger partial charge >= 0.3 is 0 Å². The minimum atomic E-state index is -0.0318. The van der Waals surface area contributed by atoms with Gasteiger partial charge in [-0.15, -0.1) is 0 Å². The van der Waals surface area contributed by atoms with Gasteiger partial charge in [0.15, 0.2) is 0 Å². The summed E-state index contributed by atoms with van der Waals surface area (Å²) in [5.41, 5.74) is 5.84. The zero-order valence-electron chi connectivity index (χ0n) is 10.1. The molecular formula is C12H18N4O. The molecule has 0 spiro atoms. The molecule has 1 amide bonds. The summed E-state index contributed by atoms with van der Waals surface area (Å²) in [6.45, 7) is 3.82. The van der Waals surface area contributed by atoms with Crippen LogP contribution in [0.1, 0.15) is 36.7 Å². The fourth-order valence-corrected chi connectivity index (χ4v) is 2.19. The van der Waals surface area contributed by atoms with Gasteiger partial charge in [0.25, 0.3) is 5.91 Å². The van der Waals surface area contributed by atoms with E-state index in [0.717, 1.165) is 25.9 Å². The van der Waals surface area contributed by atoms with Gasteiger partial charge in [0.1, 0.15) is 11.5 Å². The monoisotopic (exact) mass is 234 g/mol. The first-order valence-electron chi connectivity index (χ1n) is 6.07. The molecule has 92 valence electrons. The molecule has 1 aliphatic rings. The van der Waals surface area contributed by atoms with Crippen molar-refractivity contribution in [3.8, 4) is 0 Å². The summed E-state index contributed by atoms with van der Waals surface area (Å²) in [6.07, 6.45) is 6.29. The predicted octanol–water partition coefficient (Wildman–Crippen LogP) is 1.32. The molecule has 1 aromatic heterocycles. The van der Waals surface area contributed by atoms with E-state index >= 15 is 0 Å². The van der Waals surface area contributed by atoms with Crippen LogP contribution in [0.3, 0.4) is 0 Å². The van der Waals surface area contributed by atoms with Crippen molar-refractivity contribution >= 4 is 11.7 Å². The first-order chi connectivity index (χ1) is 8.20. The van der Waals surface area contributed by atoms with Crippen LogP contribution in [0.15, 0.2) is 12.4 Å². The van der Waals surface area contributed by atoms with E-state index in [4.69, 9.17) is 5.73 Å². The summed E-state index contributed by atoms with van der Waals surface area (Å²) in [5.74, 6) is 0.928. The second kappa shape index (κ2) is 5.12. The lowest BCUT2D eigenvalue weighted by Crippen LogP contribution is -2.40. The Morgan fingerprint density at radius 2 is 2.35 bits per heavy atom. The summed E-state index contributed by atoms with van der Waals surface area (Å²) >= 11 is 0. The van der Waals surface area contributed by atoms with Gasteiger partial charge < -0.3 is 10.6 Å². The Morgan fingerprint density at radius 3 is 3.00 bits per heavy atom. The molecule has 1 aromatic rings. The highest BCUT2D eigenvalue weighted by Crippen LogP contribution is 2.20. The SMILES string of the molecule is CCC1CCCN(C(=O)c2cnc(N)cn2)C1. The number of likely N-dealkylation sites (tertiary alicyclic amines) is 1. The number of hydrogen-bond donors (Lipinski definition) is 1. The third kappa shape index (κ3) is 2.72. The zero-order chi connectivity index (χ0) is 12.3. The van der Waals surface area contributed by atoms with Crippen molar-refractivity contribution in [3.63, 3.8) is 0 Å². The predicted molar refractivity (Wildman–Crippen MR) is 65.4 cm³/mol. The normalized spacial score (nSPS) is 20.3. The van der Waals surface area contributed by atoms with Gasteiger partial charge in [-0.3, -0.25) is 4.79 Å². The van der Waals surface area contributed by atoms with Gasteiger partial charge in [0.2, 0.25) is 0 Å². The van der Waals surface area contributed by atoms with Gasteiger partial charge in [0.05, 0.1) is 12.4 Å². The maximum Gasteiger partial charge on any atom is 0.274 e. The fourth-order valence-electron chi connectivity index (χ4n) is 2.19. The second-order valence-electron chi connectivity index (χ2n) is 4.49. The number of anilines is 1. The Bertz CT molecular complexity index is 390. The highest BCUT2D eigenvalue weighted by atomic mass is 16.2. The lowest BCUT2D eigenvalue weighted by molar-refractivity contribution is 0.0665. The first-order valence-corrected chi connectivity index (χ1v) is 6.07. The van der Waals surface area contributed by atoms with Crippen LogP contribution in [0.5, 0.6) is 0 Å². The van der Waals surface area contributed by atoms with Crippen LogP contribution in [0.2, 0.25) is 0 Å². The smallest absolute Gasteiger partial charge is 0.274 e. The molecule has 2 rings (SSSR count). The largest absolute Gasteiger partial charge is 0.382 e. The van der Waals surface area contributed by atoms with Crippen molar-refractivity contribution in [3.05, 3.63) is 18.1 Å². The number of amides is 1. The molecular weight excluding hydrogens is 216 g/mol. The van der Waals surface area contributed by atoms with Crippen molar-refractivity contribution in [2.45, 2.75) is 26.2 Å². The number of piperidine rings is 1. The molecule has 2 heterocycles. The third-order valence-corrected chi connectivity index (χ3v) is 3.27. The van der Waals surface area contributed by atoms with E-state index in [0.29, 0.717) is 17.4 Å². The maximum absolute atomic E-state index is 12.2. The number of aromatic nitrogens is 2. The number of nitrogens with two attached hydrogens (primary N) is 1. The van der Waals surface area contributed by atoms with Crippen molar-refractivity contribution in [1.29, 1.82) is 0 Å². The van der Waals surface area contributed by atoms with Crippen LogP contribution in [-0.2, 0) is 0 Å². The minimum absolute atomic E-state index is 0.0318. The summed E-state index contributed by atoms with van der Waals surface area (Å²) < 4.78 is 0. The zero-order valence-corrected chi connectivity index (χ0v) is 10.1. The van der Waals surface area contributed by atoms with E-state index in [1.807, 2.05) is 4.90 Å². The number of nitrogen functional groups attached to an aromatic ring is 1. The fraction of sp³-hybridized carbons (Fsp3) is 0.583. The van der Waals surface area contributed by atoms with E-state index in [1.54, 1.807) is 0 Å². The molecule has 0 bridgehead atoms. The Balaban J connectivity index is 2.06. The third-order valence-electron chi connectivity index (χ3n) is 3.27. The average molecular weight is 234 g/mol. The molecule has 17 heavy (non-hydrogen) atoms. The van der Waals surface area contributed by atoms with Crippen LogP contribution in [0.25, 0.3) is 0 Å². The second-order valence-corrected chi connectivity index (χ2v) is 4.49. The Hall–Kier alpha value is -1.65. The van der Waals surface area contributed by atoms with Gasteiger partial charge in [-0.25, -0.2) is 9.97 Å². The minimum Gasteiger partial charge on any atom is -0.382 e. The molecule has 1 fully saturated rings. The molecule has 2 N–H and O–H groups in total. The van der Waals surface area contributed by atoms with E-state index < -0.39 is 0 Å². The van der Waals surface area contributed by atoms with Crippen molar-refractivity contribution in [2.75, 3.05) is 18.8 Å². The van der Waals surface area contributed by atoms with Crippen LogP contribution < -0.4 is 5.73 Å². The van der Waals surface area contributed by atoms with E-state index in [1.165, 1.54) is 18.8 Å². The molecule has 5 nitrogen and oxygen atoms in total. The summed E-state index contributed by atoms with van der Waals surface area (Å²) in [4.78, 5) is 22.0. The lowest BCUT2D eigenvalue weighted by Gasteiger charge is -2.31.